The molecule has 8 heteroatoms. The molecule has 0 aliphatic heterocycles. The molecular weight excluding hydrogens is 478 g/mol. The zero-order valence-corrected chi connectivity index (χ0v) is 20.4. The minimum Gasteiger partial charge on any atom is -0.508 e. The van der Waals surface area contributed by atoms with E-state index in [0.29, 0.717) is 38.8 Å². The third-order valence-corrected chi connectivity index (χ3v) is 6.76. The van der Waals surface area contributed by atoms with Crippen LogP contribution in [-0.4, -0.2) is 37.0 Å². The predicted octanol–water partition coefficient (Wildman–Crippen LogP) is 4.78. The fourth-order valence-electron chi connectivity index (χ4n) is 4.53. The second-order valence-corrected chi connectivity index (χ2v) is 8.97. The molecule has 0 aliphatic rings. The van der Waals surface area contributed by atoms with Crippen molar-refractivity contribution in [1.82, 2.24) is 14.5 Å². The number of aromatic hydroxyl groups is 1. The number of halogens is 1. The average Bonchev–Trinajstić information content (AvgIpc) is 3.33. The lowest BCUT2D eigenvalue weighted by molar-refractivity contribution is 0.117. The van der Waals surface area contributed by atoms with Crippen molar-refractivity contribution in [2.45, 2.75) is 12.2 Å². The molecule has 2 heterocycles. The van der Waals surface area contributed by atoms with Crippen molar-refractivity contribution in [3.8, 4) is 22.8 Å². The van der Waals surface area contributed by atoms with Crippen molar-refractivity contribution in [1.29, 1.82) is 0 Å². The first kappa shape index (κ1) is 23.8. The van der Waals surface area contributed by atoms with E-state index in [2.05, 4.69) is 9.97 Å². The first-order valence-electron chi connectivity index (χ1n) is 11.2. The lowest BCUT2D eigenvalue weighted by Crippen LogP contribution is -2.31. The third-order valence-electron chi connectivity index (χ3n) is 6.39. The van der Waals surface area contributed by atoms with E-state index >= 15 is 0 Å². The summed E-state index contributed by atoms with van der Waals surface area (Å²) in [6.45, 7) is -0.267. The van der Waals surface area contributed by atoms with Crippen LogP contribution in [0.5, 0.6) is 11.6 Å². The van der Waals surface area contributed by atoms with Gasteiger partial charge in [0.15, 0.2) is 5.60 Å². The Morgan fingerprint density at radius 2 is 1.81 bits per heavy atom. The Morgan fingerprint density at radius 3 is 2.50 bits per heavy atom. The molecule has 5 aromatic rings. The Balaban J connectivity index is 1.81. The van der Waals surface area contributed by atoms with Crippen LogP contribution in [0, 0.1) is 0 Å². The van der Waals surface area contributed by atoms with Gasteiger partial charge in [0.25, 0.3) is 0 Å². The number of nitrogens with zero attached hydrogens (tertiary/aromatic N) is 3. The number of imidazole rings is 1. The second-order valence-electron chi connectivity index (χ2n) is 8.56. The van der Waals surface area contributed by atoms with Crippen molar-refractivity contribution < 1.29 is 20.1 Å². The number of rotatable bonds is 6. The van der Waals surface area contributed by atoms with E-state index in [0.717, 1.165) is 16.5 Å². The van der Waals surface area contributed by atoms with Crippen molar-refractivity contribution in [3.05, 3.63) is 107 Å². The molecule has 0 saturated carbocycles. The van der Waals surface area contributed by atoms with E-state index in [9.17, 15) is 15.3 Å². The van der Waals surface area contributed by atoms with Crippen LogP contribution in [0.4, 0.5) is 0 Å². The van der Waals surface area contributed by atoms with Gasteiger partial charge in [0.1, 0.15) is 5.75 Å². The zero-order valence-electron chi connectivity index (χ0n) is 19.7. The van der Waals surface area contributed by atoms with E-state index in [1.54, 1.807) is 72.7 Å². The molecule has 0 spiro atoms. The van der Waals surface area contributed by atoms with E-state index < -0.39 is 5.60 Å². The third kappa shape index (κ3) is 3.97. The summed E-state index contributed by atoms with van der Waals surface area (Å²) >= 11 is 6.26. The maximum atomic E-state index is 12.4. The van der Waals surface area contributed by atoms with Crippen LogP contribution in [0.25, 0.3) is 22.0 Å². The van der Waals surface area contributed by atoms with Crippen molar-refractivity contribution in [2.24, 2.45) is 7.05 Å². The van der Waals surface area contributed by atoms with Gasteiger partial charge < -0.3 is 24.6 Å². The number of ether oxygens (including phenoxy) is 1. The topological polar surface area (TPSA) is 101 Å². The summed E-state index contributed by atoms with van der Waals surface area (Å²) < 4.78 is 7.17. The summed E-state index contributed by atoms with van der Waals surface area (Å²) in [5.41, 5.74) is 2.73. The van der Waals surface area contributed by atoms with Gasteiger partial charge in [0.05, 0.1) is 37.5 Å². The fourth-order valence-corrected chi connectivity index (χ4v) is 4.71. The quantitative estimate of drug-likeness (QED) is 0.309. The van der Waals surface area contributed by atoms with E-state index in [4.69, 9.17) is 16.3 Å². The number of aromatic nitrogens is 3. The van der Waals surface area contributed by atoms with Crippen LogP contribution < -0.4 is 4.74 Å². The number of aliphatic hydroxyl groups is 2. The SMILES string of the molecule is COc1cc(-c2cccc(O)c2)c2cc(C(O)(c3ccc(Cl)c(CO)c3)c3cncn3C)ccc2n1. The monoisotopic (exact) mass is 501 g/mol. The molecule has 5 rings (SSSR count). The Bertz CT molecular complexity index is 1580. The highest BCUT2D eigenvalue weighted by molar-refractivity contribution is 6.31. The van der Waals surface area contributed by atoms with Crippen molar-refractivity contribution in [2.75, 3.05) is 7.11 Å². The summed E-state index contributed by atoms with van der Waals surface area (Å²) in [6, 6.07) is 19.3. The summed E-state index contributed by atoms with van der Waals surface area (Å²) in [6.07, 6.45) is 3.23. The highest BCUT2D eigenvalue weighted by Gasteiger charge is 2.37. The van der Waals surface area contributed by atoms with Crippen LogP contribution >= 0.6 is 11.6 Å². The van der Waals surface area contributed by atoms with Crippen LogP contribution in [0.15, 0.2) is 79.3 Å². The minimum atomic E-state index is -1.62. The van der Waals surface area contributed by atoms with Crippen LogP contribution in [0.2, 0.25) is 5.02 Å². The molecule has 3 N–H and O–H groups in total. The summed E-state index contributed by atoms with van der Waals surface area (Å²) in [4.78, 5) is 8.81. The van der Waals surface area contributed by atoms with Gasteiger partial charge in [-0.05, 0) is 64.2 Å². The Hall–Kier alpha value is -3.91. The number of methoxy groups -OCH3 is 1. The Kier molecular flexibility index (Phi) is 6.14. The summed E-state index contributed by atoms with van der Waals surface area (Å²) in [5, 5.41) is 33.5. The van der Waals surface area contributed by atoms with Gasteiger partial charge in [-0.25, -0.2) is 9.97 Å². The lowest BCUT2D eigenvalue weighted by Gasteiger charge is -2.30. The molecule has 0 amide bonds. The normalized spacial score (nSPS) is 13.0. The van der Waals surface area contributed by atoms with Gasteiger partial charge in [0.2, 0.25) is 5.88 Å². The predicted molar refractivity (Wildman–Crippen MR) is 138 cm³/mol. The first-order chi connectivity index (χ1) is 17.3. The molecule has 36 heavy (non-hydrogen) atoms. The molecule has 0 saturated heterocycles. The van der Waals surface area contributed by atoms with Gasteiger partial charge in [-0.3, -0.25) is 0 Å². The molecule has 0 aliphatic carbocycles. The largest absolute Gasteiger partial charge is 0.508 e. The van der Waals surface area contributed by atoms with E-state index in [-0.39, 0.29) is 12.4 Å². The number of phenolic OH excluding ortho intramolecular Hbond substituents is 1. The van der Waals surface area contributed by atoms with Crippen LogP contribution in [-0.2, 0) is 19.3 Å². The summed E-state index contributed by atoms with van der Waals surface area (Å²) in [5.74, 6) is 0.567. The van der Waals surface area contributed by atoms with E-state index in [1.807, 2.05) is 25.2 Å². The average molecular weight is 502 g/mol. The van der Waals surface area contributed by atoms with Crippen LogP contribution in [0.3, 0.4) is 0 Å². The van der Waals surface area contributed by atoms with E-state index in [1.165, 1.54) is 0 Å². The molecule has 1 unspecified atom stereocenters. The van der Waals surface area contributed by atoms with Gasteiger partial charge in [-0.15, -0.1) is 0 Å². The number of aliphatic hydroxyl groups excluding tert-OH is 1. The standard InChI is InChI=1S/C28H24ClN3O4/c1-32-16-30-14-26(32)28(35,19-6-8-24(29)18(10-19)15-33)20-7-9-25-23(12-20)22(13-27(31-25)36-2)17-4-3-5-21(34)11-17/h3-14,16,33-35H,15H2,1-2H3. The van der Waals surface area contributed by atoms with Gasteiger partial charge in [-0.1, -0.05) is 35.9 Å². The molecule has 182 valence electrons. The molecular formula is C28H24ClN3O4. The number of aryl methyl sites for hydroxylation is 1. The molecule has 3 aromatic carbocycles. The van der Waals surface area contributed by atoms with Crippen molar-refractivity contribution in [3.63, 3.8) is 0 Å². The first-order valence-corrected chi connectivity index (χ1v) is 11.6. The molecule has 0 bridgehead atoms. The van der Waals surface area contributed by atoms with Crippen LogP contribution in [0.1, 0.15) is 22.4 Å². The smallest absolute Gasteiger partial charge is 0.214 e. The minimum absolute atomic E-state index is 0.136. The van der Waals surface area contributed by atoms with Crippen molar-refractivity contribution >= 4 is 22.5 Å². The molecule has 0 radical (unpaired) electrons. The highest BCUT2D eigenvalue weighted by Crippen LogP contribution is 2.41. The maximum Gasteiger partial charge on any atom is 0.214 e. The number of benzene rings is 3. The second kappa shape index (κ2) is 9.28. The Labute approximate surface area is 212 Å². The molecule has 1 atom stereocenters. The molecule has 0 fully saturated rings. The number of pyridine rings is 1. The maximum absolute atomic E-state index is 12.4. The van der Waals surface area contributed by atoms with Gasteiger partial charge >= 0.3 is 0 Å². The number of hydrogen-bond acceptors (Lipinski definition) is 6. The van der Waals surface area contributed by atoms with Gasteiger partial charge in [0, 0.05) is 23.5 Å². The number of phenols is 1. The highest BCUT2D eigenvalue weighted by atomic mass is 35.5. The number of fused-ring (bicyclic) bond motifs is 1. The summed E-state index contributed by atoms with van der Waals surface area (Å²) in [7, 11) is 3.36. The molecule has 7 nitrogen and oxygen atoms in total. The lowest BCUT2D eigenvalue weighted by atomic mass is 9.82. The molecule has 2 aromatic heterocycles. The zero-order chi connectivity index (χ0) is 25.4. The number of hydrogen-bond donors (Lipinski definition) is 3. The fraction of sp³-hybridized carbons (Fsp3) is 0.143. The van der Waals surface area contributed by atoms with Gasteiger partial charge in [-0.2, -0.15) is 0 Å². The Morgan fingerprint density at radius 1 is 1.03 bits per heavy atom.